The van der Waals surface area contributed by atoms with E-state index in [1.54, 1.807) is 0 Å². The average molecular weight is 317 g/mol. The van der Waals surface area contributed by atoms with Crippen LogP contribution in [0, 0.1) is 5.92 Å². The van der Waals surface area contributed by atoms with Crippen molar-refractivity contribution in [2.45, 2.75) is 26.2 Å². The fourth-order valence-electron chi connectivity index (χ4n) is 3.50. The van der Waals surface area contributed by atoms with Crippen molar-refractivity contribution in [1.29, 1.82) is 0 Å². The zero-order valence-corrected chi connectivity index (χ0v) is 14.2. The first-order valence-electron chi connectivity index (χ1n) is 8.65. The summed E-state index contributed by atoms with van der Waals surface area (Å²) in [5, 5.41) is 3.05. The first-order valence-corrected chi connectivity index (χ1v) is 8.65. The van der Waals surface area contributed by atoms with E-state index in [0.29, 0.717) is 5.92 Å². The van der Waals surface area contributed by atoms with Crippen LogP contribution in [-0.4, -0.2) is 50.8 Å². The molecule has 0 saturated carbocycles. The van der Waals surface area contributed by atoms with Crippen molar-refractivity contribution >= 4 is 17.4 Å². The second-order valence-corrected chi connectivity index (χ2v) is 6.56. The SMILES string of the molecule is CCOC[C@H]1CCN(C(=O)Nc2ccc3c(c2)CCCN3C)C1. The second-order valence-electron chi connectivity index (χ2n) is 6.56. The fraction of sp³-hybridized carbons (Fsp3) is 0.611. The van der Waals surface area contributed by atoms with Gasteiger partial charge in [0.2, 0.25) is 0 Å². The van der Waals surface area contributed by atoms with Gasteiger partial charge in [-0.25, -0.2) is 4.79 Å². The van der Waals surface area contributed by atoms with Crippen LogP contribution in [0.2, 0.25) is 0 Å². The van der Waals surface area contributed by atoms with E-state index in [2.05, 4.69) is 29.4 Å². The molecule has 126 valence electrons. The summed E-state index contributed by atoms with van der Waals surface area (Å²) in [6, 6.07) is 6.25. The molecule has 2 heterocycles. The number of carbonyl (C=O) groups is 1. The molecule has 1 fully saturated rings. The Kier molecular flexibility index (Phi) is 5.06. The highest BCUT2D eigenvalue weighted by atomic mass is 16.5. The number of likely N-dealkylation sites (tertiary alicyclic amines) is 1. The van der Waals surface area contributed by atoms with Crippen LogP contribution in [-0.2, 0) is 11.2 Å². The molecule has 0 radical (unpaired) electrons. The predicted octanol–water partition coefficient (Wildman–Crippen LogP) is 2.96. The molecule has 23 heavy (non-hydrogen) atoms. The van der Waals surface area contributed by atoms with Gasteiger partial charge in [-0.2, -0.15) is 0 Å². The number of nitrogens with zero attached hydrogens (tertiary/aromatic N) is 2. The number of ether oxygens (including phenoxy) is 1. The van der Waals surface area contributed by atoms with Gasteiger partial charge in [0.15, 0.2) is 0 Å². The van der Waals surface area contributed by atoms with E-state index >= 15 is 0 Å². The van der Waals surface area contributed by atoms with Crippen LogP contribution >= 0.6 is 0 Å². The van der Waals surface area contributed by atoms with Crippen LogP contribution < -0.4 is 10.2 Å². The monoisotopic (exact) mass is 317 g/mol. The van der Waals surface area contributed by atoms with Gasteiger partial charge in [-0.15, -0.1) is 0 Å². The van der Waals surface area contributed by atoms with Crippen molar-refractivity contribution in [3.63, 3.8) is 0 Å². The maximum absolute atomic E-state index is 12.4. The molecule has 1 N–H and O–H groups in total. The molecule has 1 saturated heterocycles. The molecular weight excluding hydrogens is 290 g/mol. The minimum Gasteiger partial charge on any atom is -0.381 e. The van der Waals surface area contributed by atoms with Gasteiger partial charge in [-0.1, -0.05) is 0 Å². The Hall–Kier alpha value is -1.75. The lowest BCUT2D eigenvalue weighted by atomic mass is 10.0. The summed E-state index contributed by atoms with van der Waals surface area (Å²) in [5.41, 5.74) is 3.51. The Labute approximate surface area is 138 Å². The molecule has 2 aliphatic rings. The standard InChI is InChI=1S/C18H27N3O2/c1-3-23-13-14-8-10-21(12-14)18(22)19-16-6-7-17-15(11-16)5-4-9-20(17)2/h6-7,11,14H,3-5,8-10,12-13H2,1-2H3,(H,19,22)/t14-/m0/s1. The minimum absolute atomic E-state index is 0.00751. The minimum atomic E-state index is 0.00751. The number of fused-ring (bicyclic) bond motifs is 1. The van der Waals surface area contributed by atoms with Crippen LogP contribution in [0.15, 0.2) is 18.2 Å². The normalized spacial score (nSPS) is 20.5. The molecule has 0 aromatic heterocycles. The van der Waals surface area contributed by atoms with E-state index < -0.39 is 0 Å². The van der Waals surface area contributed by atoms with Crippen molar-refractivity contribution in [2.75, 3.05) is 50.1 Å². The van der Waals surface area contributed by atoms with Crippen LogP contribution in [0.5, 0.6) is 0 Å². The van der Waals surface area contributed by atoms with E-state index in [4.69, 9.17) is 4.74 Å². The van der Waals surface area contributed by atoms with Crippen molar-refractivity contribution in [3.05, 3.63) is 23.8 Å². The molecule has 5 nitrogen and oxygen atoms in total. The van der Waals surface area contributed by atoms with Crippen LogP contribution in [0.3, 0.4) is 0 Å². The van der Waals surface area contributed by atoms with Crippen LogP contribution in [0.1, 0.15) is 25.3 Å². The van der Waals surface area contributed by atoms with Gasteiger partial charge >= 0.3 is 6.03 Å². The predicted molar refractivity (Wildman–Crippen MR) is 93.2 cm³/mol. The molecule has 0 spiro atoms. The number of amides is 2. The van der Waals surface area contributed by atoms with Gasteiger partial charge in [0, 0.05) is 50.6 Å². The van der Waals surface area contributed by atoms with E-state index in [0.717, 1.165) is 51.4 Å². The molecule has 2 aliphatic heterocycles. The lowest BCUT2D eigenvalue weighted by Crippen LogP contribution is -2.33. The largest absolute Gasteiger partial charge is 0.381 e. The number of rotatable bonds is 4. The average Bonchev–Trinajstić information content (AvgIpc) is 3.02. The summed E-state index contributed by atoms with van der Waals surface area (Å²) in [5.74, 6) is 0.470. The quantitative estimate of drug-likeness (QED) is 0.928. The maximum Gasteiger partial charge on any atom is 0.321 e. The summed E-state index contributed by atoms with van der Waals surface area (Å²) >= 11 is 0. The summed E-state index contributed by atoms with van der Waals surface area (Å²) in [4.78, 5) is 16.6. The van der Waals surface area contributed by atoms with Crippen molar-refractivity contribution in [2.24, 2.45) is 5.92 Å². The van der Waals surface area contributed by atoms with E-state index in [1.807, 2.05) is 17.9 Å². The number of benzene rings is 1. The fourth-order valence-corrected chi connectivity index (χ4v) is 3.50. The van der Waals surface area contributed by atoms with Crippen molar-refractivity contribution in [3.8, 4) is 0 Å². The zero-order chi connectivity index (χ0) is 16.2. The van der Waals surface area contributed by atoms with E-state index in [1.165, 1.54) is 17.7 Å². The Morgan fingerprint density at radius 1 is 1.39 bits per heavy atom. The number of hydrogen-bond donors (Lipinski definition) is 1. The molecule has 1 atom stereocenters. The molecule has 0 unspecified atom stereocenters. The molecule has 1 aromatic carbocycles. The first kappa shape index (κ1) is 16.1. The highest BCUT2D eigenvalue weighted by Gasteiger charge is 2.26. The van der Waals surface area contributed by atoms with Gasteiger partial charge in [0.25, 0.3) is 0 Å². The summed E-state index contributed by atoms with van der Waals surface area (Å²) in [7, 11) is 2.12. The summed E-state index contributed by atoms with van der Waals surface area (Å²) in [6.07, 6.45) is 3.29. The zero-order valence-electron chi connectivity index (χ0n) is 14.2. The van der Waals surface area contributed by atoms with Crippen LogP contribution in [0.25, 0.3) is 0 Å². The first-order chi connectivity index (χ1) is 11.2. The Bertz CT molecular complexity index is 561. The van der Waals surface area contributed by atoms with Gasteiger partial charge < -0.3 is 19.9 Å². The number of nitrogens with one attached hydrogen (secondary N) is 1. The van der Waals surface area contributed by atoms with Crippen molar-refractivity contribution < 1.29 is 9.53 Å². The molecule has 0 aliphatic carbocycles. The Morgan fingerprint density at radius 3 is 3.09 bits per heavy atom. The summed E-state index contributed by atoms with van der Waals surface area (Å²) < 4.78 is 5.47. The van der Waals surface area contributed by atoms with Crippen molar-refractivity contribution in [1.82, 2.24) is 4.90 Å². The topological polar surface area (TPSA) is 44.8 Å². The molecular formula is C18H27N3O2. The lowest BCUT2D eigenvalue weighted by Gasteiger charge is -2.28. The smallest absolute Gasteiger partial charge is 0.321 e. The molecule has 0 bridgehead atoms. The highest BCUT2D eigenvalue weighted by molar-refractivity contribution is 5.90. The third kappa shape index (κ3) is 3.78. The third-order valence-electron chi connectivity index (χ3n) is 4.81. The third-order valence-corrected chi connectivity index (χ3v) is 4.81. The van der Waals surface area contributed by atoms with Crippen LogP contribution in [0.4, 0.5) is 16.2 Å². The number of urea groups is 1. The van der Waals surface area contributed by atoms with Gasteiger partial charge in [0.1, 0.15) is 0 Å². The number of carbonyl (C=O) groups excluding carboxylic acids is 1. The summed E-state index contributed by atoms with van der Waals surface area (Å²) in [6.45, 7) is 6.22. The molecule has 3 rings (SSSR count). The van der Waals surface area contributed by atoms with Gasteiger partial charge in [0.05, 0.1) is 6.61 Å². The Morgan fingerprint density at radius 2 is 2.26 bits per heavy atom. The van der Waals surface area contributed by atoms with E-state index in [9.17, 15) is 4.79 Å². The highest BCUT2D eigenvalue weighted by Crippen LogP contribution is 2.29. The number of hydrogen-bond acceptors (Lipinski definition) is 3. The number of aryl methyl sites for hydroxylation is 1. The molecule has 1 aromatic rings. The lowest BCUT2D eigenvalue weighted by molar-refractivity contribution is 0.113. The molecule has 2 amide bonds. The van der Waals surface area contributed by atoms with Gasteiger partial charge in [-0.05, 0) is 49.9 Å². The van der Waals surface area contributed by atoms with Gasteiger partial charge in [-0.3, -0.25) is 0 Å². The second kappa shape index (κ2) is 7.21. The maximum atomic E-state index is 12.4. The Balaban J connectivity index is 1.58. The number of anilines is 2. The molecule has 5 heteroatoms. The van der Waals surface area contributed by atoms with E-state index in [-0.39, 0.29) is 6.03 Å².